The highest BCUT2D eigenvalue weighted by molar-refractivity contribution is 7.89. The van der Waals surface area contributed by atoms with Gasteiger partial charge in [-0.05, 0) is 19.9 Å². The fraction of sp³-hybridized carbons (Fsp3) is 0.455. The van der Waals surface area contributed by atoms with Crippen molar-refractivity contribution in [3.05, 3.63) is 39.9 Å². The van der Waals surface area contributed by atoms with Crippen molar-refractivity contribution in [1.29, 1.82) is 0 Å². The van der Waals surface area contributed by atoms with E-state index in [1.165, 1.54) is 6.07 Å². The molecule has 0 radical (unpaired) electrons. The smallest absolute Gasteiger partial charge is 0.274 e. The number of hydrogen-bond acceptors (Lipinski definition) is 5. The van der Waals surface area contributed by atoms with E-state index in [1.807, 2.05) is 0 Å². The minimum atomic E-state index is -3.46. The van der Waals surface area contributed by atoms with Gasteiger partial charge in [0.05, 0.1) is 10.7 Å². The van der Waals surface area contributed by atoms with Crippen LogP contribution in [0.4, 0.5) is 5.69 Å². The Kier molecular flexibility index (Phi) is 5.40. The molecule has 0 aliphatic carbocycles. The van der Waals surface area contributed by atoms with Gasteiger partial charge in [-0.1, -0.05) is 18.2 Å². The highest BCUT2D eigenvalue weighted by Gasteiger charge is 2.17. The fourth-order valence-electron chi connectivity index (χ4n) is 1.72. The number of para-hydroxylation sites is 1. The lowest BCUT2D eigenvalue weighted by atomic mass is 10.1. The van der Waals surface area contributed by atoms with E-state index in [4.69, 9.17) is 5.14 Å². The highest BCUT2D eigenvalue weighted by atomic mass is 32.2. The Morgan fingerprint density at radius 3 is 2.63 bits per heavy atom. The first-order chi connectivity index (χ1) is 8.81. The maximum atomic E-state index is 10.9. The first-order valence-electron chi connectivity index (χ1n) is 5.78. The summed E-state index contributed by atoms with van der Waals surface area (Å²) < 4.78 is 21.5. The average molecular weight is 287 g/mol. The third-order valence-electron chi connectivity index (χ3n) is 2.66. The van der Waals surface area contributed by atoms with Crippen LogP contribution in [0.1, 0.15) is 24.9 Å². The zero-order valence-electron chi connectivity index (χ0n) is 10.6. The third-order valence-corrected chi connectivity index (χ3v) is 3.51. The van der Waals surface area contributed by atoms with E-state index < -0.39 is 14.9 Å². The van der Waals surface area contributed by atoms with Crippen LogP contribution in [0, 0.1) is 10.1 Å². The second-order valence-electron chi connectivity index (χ2n) is 4.21. The molecule has 1 atom stereocenters. The normalized spacial score (nSPS) is 13.2. The largest absolute Gasteiger partial charge is 0.310 e. The lowest BCUT2D eigenvalue weighted by Crippen LogP contribution is -2.24. The van der Waals surface area contributed by atoms with Gasteiger partial charge in [-0.2, -0.15) is 0 Å². The Hall–Kier alpha value is -1.51. The Morgan fingerprint density at radius 2 is 2.05 bits per heavy atom. The number of nitrogens with two attached hydrogens (primary N) is 1. The summed E-state index contributed by atoms with van der Waals surface area (Å²) in [6.45, 7) is 2.21. The Bertz CT molecular complexity index is 545. The molecule has 0 amide bonds. The standard InChI is InChI=1S/C11H17N3O4S/c1-9(13-7-4-8-19(12,17)18)10-5-2-3-6-11(10)14(15)16/h2-3,5-6,9,13H,4,7-8H2,1H3,(H2,12,17,18). The molecule has 0 aromatic heterocycles. The Balaban J connectivity index is 2.59. The third kappa shape index (κ3) is 5.33. The van der Waals surface area contributed by atoms with Crippen LogP contribution in [0.15, 0.2) is 24.3 Å². The molecule has 1 unspecified atom stereocenters. The van der Waals surface area contributed by atoms with Crippen LogP contribution >= 0.6 is 0 Å². The molecule has 0 bridgehead atoms. The molecular formula is C11H17N3O4S. The van der Waals surface area contributed by atoms with Crippen LogP contribution in [-0.2, 0) is 10.0 Å². The van der Waals surface area contributed by atoms with Crippen LogP contribution in [0.5, 0.6) is 0 Å². The molecule has 3 N–H and O–H groups in total. The highest BCUT2D eigenvalue weighted by Crippen LogP contribution is 2.24. The predicted octanol–water partition coefficient (Wildman–Crippen LogP) is 0.924. The molecular weight excluding hydrogens is 270 g/mol. The number of rotatable bonds is 7. The van der Waals surface area contributed by atoms with Crippen molar-refractivity contribution in [2.45, 2.75) is 19.4 Å². The van der Waals surface area contributed by atoms with E-state index in [0.717, 1.165) is 0 Å². The molecule has 0 saturated carbocycles. The molecule has 19 heavy (non-hydrogen) atoms. The summed E-state index contributed by atoms with van der Waals surface area (Å²) in [5.74, 6) is -0.108. The van der Waals surface area contributed by atoms with Crippen molar-refractivity contribution in [3.63, 3.8) is 0 Å². The SMILES string of the molecule is CC(NCCCS(N)(=O)=O)c1ccccc1[N+](=O)[O-]. The molecule has 0 aliphatic rings. The number of nitrogens with zero attached hydrogens (tertiary/aromatic N) is 1. The lowest BCUT2D eigenvalue weighted by molar-refractivity contribution is -0.385. The zero-order valence-corrected chi connectivity index (χ0v) is 11.4. The molecule has 1 aromatic carbocycles. The maximum Gasteiger partial charge on any atom is 0.274 e. The topological polar surface area (TPSA) is 115 Å². The Labute approximate surface area is 112 Å². The van der Waals surface area contributed by atoms with Crippen molar-refractivity contribution in [2.24, 2.45) is 5.14 Å². The van der Waals surface area contributed by atoms with Gasteiger partial charge in [0, 0.05) is 17.7 Å². The van der Waals surface area contributed by atoms with Gasteiger partial charge in [0.1, 0.15) is 0 Å². The van der Waals surface area contributed by atoms with Crippen molar-refractivity contribution in [1.82, 2.24) is 5.32 Å². The molecule has 0 heterocycles. The molecule has 0 aliphatic heterocycles. The first-order valence-corrected chi connectivity index (χ1v) is 7.50. The second-order valence-corrected chi connectivity index (χ2v) is 5.95. The zero-order chi connectivity index (χ0) is 14.5. The summed E-state index contributed by atoms with van der Waals surface area (Å²) in [5, 5.41) is 18.8. The molecule has 106 valence electrons. The van der Waals surface area contributed by atoms with Crippen molar-refractivity contribution in [2.75, 3.05) is 12.3 Å². The number of nitrogens with one attached hydrogen (secondary N) is 1. The molecule has 0 saturated heterocycles. The van der Waals surface area contributed by atoms with Crippen LogP contribution in [0.25, 0.3) is 0 Å². The number of primary sulfonamides is 1. The summed E-state index contributed by atoms with van der Waals surface area (Å²) >= 11 is 0. The first kappa shape index (κ1) is 15.5. The van der Waals surface area contributed by atoms with E-state index >= 15 is 0 Å². The molecule has 1 aromatic rings. The van der Waals surface area contributed by atoms with E-state index in [0.29, 0.717) is 18.5 Å². The van der Waals surface area contributed by atoms with Gasteiger partial charge in [-0.3, -0.25) is 10.1 Å². The summed E-state index contributed by atoms with van der Waals surface area (Å²) in [6.07, 6.45) is 0.365. The summed E-state index contributed by atoms with van der Waals surface area (Å²) in [6, 6.07) is 6.22. The predicted molar refractivity (Wildman–Crippen MR) is 72.1 cm³/mol. The number of sulfonamides is 1. The molecule has 8 heteroatoms. The minimum Gasteiger partial charge on any atom is -0.310 e. The number of hydrogen-bond donors (Lipinski definition) is 2. The van der Waals surface area contributed by atoms with Gasteiger partial charge in [0.25, 0.3) is 5.69 Å². The summed E-state index contributed by atoms with van der Waals surface area (Å²) in [5.41, 5.74) is 0.622. The second kappa shape index (κ2) is 6.60. The number of nitro benzene ring substituents is 1. The van der Waals surface area contributed by atoms with Crippen molar-refractivity contribution < 1.29 is 13.3 Å². The van der Waals surface area contributed by atoms with Gasteiger partial charge in [0.15, 0.2) is 0 Å². The summed E-state index contributed by atoms with van der Waals surface area (Å²) in [4.78, 5) is 10.4. The summed E-state index contributed by atoms with van der Waals surface area (Å²) in [7, 11) is -3.46. The van der Waals surface area contributed by atoms with E-state index in [9.17, 15) is 18.5 Å². The van der Waals surface area contributed by atoms with Crippen LogP contribution in [-0.4, -0.2) is 25.6 Å². The fourth-order valence-corrected chi connectivity index (χ4v) is 2.27. The number of nitro groups is 1. The number of benzene rings is 1. The van der Waals surface area contributed by atoms with Gasteiger partial charge < -0.3 is 5.32 Å². The monoisotopic (exact) mass is 287 g/mol. The van der Waals surface area contributed by atoms with Gasteiger partial charge in [-0.15, -0.1) is 0 Å². The van der Waals surface area contributed by atoms with Crippen LogP contribution in [0.2, 0.25) is 0 Å². The van der Waals surface area contributed by atoms with Crippen molar-refractivity contribution in [3.8, 4) is 0 Å². The van der Waals surface area contributed by atoms with E-state index in [-0.39, 0.29) is 17.5 Å². The van der Waals surface area contributed by atoms with Crippen LogP contribution < -0.4 is 10.5 Å². The van der Waals surface area contributed by atoms with Crippen LogP contribution in [0.3, 0.4) is 0 Å². The average Bonchev–Trinajstić information content (AvgIpc) is 2.33. The minimum absolute atomic E-state index is 0.0500. The maximum absolute atomic E-state index is 10.9. The lowest BCUT2D eigenvalue weighted by Gasteiger charge is -2.14. The molecule has 0 fully saturated rings. The van der Waals surface area contributed by atoms with E-state index in [2.05, 4.69) is 5.32 Å². The van der Waals surface area contributed by atoms with E-state index in [1.54, 1.807) is 25.1 Å². The van der Waals surface area contributed by atoms with Gasteiger partial charge in [-0.25, -0.2) is 13.6 Å². The molecule has 1 rings (SSSR count). The molecule has 0 spiro atoms. The van der Waals surface area contributed by atoms with Gasteiger partial charge >= 0.3 is 0 Å². The molecule has 7 nitrogen and oxygen atoms in total. The Morgan fingerprint density at radius 1 is 1.42 bits per heavy atom. The van der Waals surface area contributed by atoms with Gasteiger partial charge in [0.2, 0.25) is 10.0 Å². The van der Waals surface area contributed by atoms with Crippen molar-refractivity contribution >= 4 is 15.7 Å². The quantitative estimate of drug-likeness (QED) is 0.439.